The van der Waals surface area contributed by atoms with Crippen LogP contribution in [0.25, 0.3) is 0 Å². The Bertz CT molecular complexity index is 462. The Labute approximate surface area is 118 Å². The molecule has 104 valence electrons. The molecule has 0 aliphatic carbocycles. The van der Waals surface area contributed by atoms with E-state index in [2.05, 4.69) is 4.74 Å². The number of halogens is 1. The maximum absolute atomic E-state index is 11.7. The molecule has 0 amide bonds. The minimum Gasteiger partial charge on any atom is -0.575 e. The standard InChI is InChI=1S/C12H15ClNO4P/c1-9(2)17-11(15)12(3,13)14-19(16)18-10-7-5-4-6-8-10/h4-9H,1-3H3/t12-/m0/s1. The highest BCUT2D eigenvalue weighted by molar-refractivity contribution is 7.34. The predicted molar refractivity (Wildman–Crippen MR) is 71.9 cm³/mol. The summed E-state index contributed by atoms with van der Waals surface area (Å²) in [7, 11) is -2.46. The zero-order valence-corrected chi connectivity index (χ0v) is 12.5. The molecular formula is C12H15ClNO4P. The van der Waals surface area contributed by atoms with E-state index in [0.29, 0.717) is 5.75 Å². The normalized spacial score (nSPS) is 14.9. The molecule has 2 atom stereocenters. The van der Waals surface area contributed by atoms with Crippen molar-refractivity contribution in [3.05, 3.63) is 30.3 Å². The van der Waals surface area contributed by atoms with E-state index in [0.717, 1.165) is 0 Å². The van der Waals surface area contributed by atoms with Crippen LogP contribution in [0, 0.1) is 0 Å². The lowest BCUT2D eigenvalue weighted by molar-refractivity contribution is -0.170. The summed E-state index contributed by atoms with van der Waals surface area (Å²) in [5.41, 5.74) is 0. The van der Waals surface area contributed by atoms with Crippen molar-refractivity contribution in [2.24, 2.45) is 4.74 Å². The molecule has 0 radical (unpaired) electrons. The number of hydrogen-bond acceptors (Lipinski definition) is 5. The molecule has 0 aliphatic rings. The van der Waals surface area contributed by atoms with Gasteiger partial charge in [-0.15, -0.1) is 0 Å². The van der Waals surface area contributed by atoms with Gasteiger partial charge in [0.05, 0.1) is 6.10 Å². The number of rotatable bonds is 5. The second kappa shape index (κ2) is 6.85. The quantitative estimate of drug-likeness (QED) is 0.363. The van der Waals surface area contributed by atoms with Gasteiger partial charge in [-0.05, 0) is 37.6 Å². The van der Waals surface area contributed by atoms with Crippen LogP contribution in [0.1, 0.15) is 20.8 Å². The van der Waals surface area contributed by atoms with Crippen LogP contribution >= 0.6 is 19.8 Å². The monoisotopic (exact) mass is 303 g/mol. The lowest BCUT2D eigenvalue weighted by Gasteiger charge is -2.15. The first kappa shape index (κ1) is 15.9. The molecule has 0 aliphatic heterocycles. The SMILES string of the molecule is CC(C)OC(=O)[C@@](C)(Cl)N=[P+]([O-])Oc1ccccc1. The van der Waals surface area contributed by atoms with Crippen LogP contribution in [-0.4, -0.2) is 17.1 Å². The number of nitrogens with zero attached hydrogens (tertiary/aromatic N) is 1. The summed E-state index contributed by atoms with van der Waals surface area (Å²) in [6.07, 6.45) is -0.325. The Kier molecular flexibility index (Phi) is 5.73. The lowest BCUT2D eigenvalue weighted by Crippen LogP contribution is -2.31. The van der Waals surface area contributed by atoms with Gasteiger partial charge in [-0.1, -0.05) is 29.8 Å². The largest absolute Gasteiger partial charge is 0.575 e. The van der Waals surface area contributed by atoms with Crippen molar-refractivity contribution in [2.45, 2.75) is 31.9 Å². The van der Waals surface area contributed by atoms with E-state index in [1.165, 1.54) is 6.92 Å². The van der Waals surface area contributed by atoms with Crippen LogP contribution in [-0.2, 0) is 9.53 Å². The third-order valence-corrected chi connectivity index (χ3v) is 3.20. The fraction of sp³-hybridized carbons (Fsp3) is 0.417. The van der Waals surface area contributed by atoms with Crippen LogP contribution in [0.15, 0.2) is 35.1 Å². The first-order valence-electron chi connectivity index (χ1n) is 5.64. The Morgan fingerprint density at radius 2 is 2.00 bits per heavy atom. The van der Waals surface area contributed by atoms with Crippen molar-refractivity contribution in [1.29, 1.82) is 0 Å². The average molecular weight is 304 g/mol. The van der Waals surface area contributed by atoms with Crippen LogP contribution in [0.2, 0.25) is 0 Å². The Morgan fingerprint density at radius 1 is 1.42 bits per heavy atom. The fourth-order valence-corrected chi connectivity index (χ4v) is 2.07. The molecule has 0 N–H and O–H groups in total. The smallest absolute Gasteiger partial charge is 0.396 e. The summed E-state index contributed by atoms with van der Waals surface area (Å²) in [6, 6.07) is 8.50. The van der Waals surface area contributed by atoms with E-state index in [1.807, 2.05) is 0 Å². The highest BCUT2D eigenvalue weighted by Gasteiger charge is 2.37. The average Bonchev–Trinajstić information content (AvgIpc) is 2.28. The van der Waals surface area contributed by atoms with Crippen LogP contribution in [0.4, 0.5) is 0 Å². The van der Waals surface area contributed by atoms with E-state index < -0.39 is 19.1 Å². The fourth-order valence-electron chi connectivity index (χ4n) is 1.11. The van der Waals surface area contributed by atoms with Crippen molar-refractivity contribution in [1.82, 2.24) is 0 Å². The van der Waals surface area contributed by atoms with Crippen molar-refractivity contribution in [3.8, 4) is 5.75 Å². The number of ether oxygens (including phenoxy) is 1. The molecule has 0 saturated heterocycles. The third kappa shape index (κ3) is 5.55. The highest BCUT2D eigenvalue weighted by Crippen LogP contribution is 2.30. The summed E-state index contributed by atoms with van der Waals surface area (Å²) in [6.45, 7) is 4.68. The molecule has 0 saturated carbocycles. The van der Waals surface area contributed by atoms with Crippen LogP contribution < -0.4 is 9.42 Å². The molecule has 1 aromatic rings. The summed E-state index contributed by atoms with van der Waals surface area (Å²) in [4.78, 5) is 21.6. The molecule has 0 spiro atoms. The van der Waals surface area contributed by atoms with Gasteiger partial charge in [0, 0.05) is 0 Å². The van der Waals surface area contributed by atoms with Gasteiger partial charge in [0.25, 0.3) is 5.00 Å². The summed E-state index contributed by atoms with van der Waals surface area (Å²) < 4.78 is 13.6. The summed E-state index contributed by atoms with van der Waals surface area (Å²) >= 11 is 5.89. The lowest BCUT2D eigenvalue weighted by atomic mass is 10.3. The molecule has 1 rings (SSSR count). The van der Waals surface area contributed by atoms with Gasteiger partial charge >= 0.3 is 14.1 Å². The van der Waals surface area contributed by atoms with Gasteiger partial charge in [0.15, 0.2) is 5.75 Å². The van der Waals surface area contributed by atoms with Crippen molar-refractivity contribution in [3.63, 3.8) is 0 Å². The van der Waals surface area contributed by atoms with E-state index in [9.17, 15) is 9.69 Å². The second-order valence-electron chi connectivity index (χ2n) is 4.15. The minimum absolute atomic E-state index is 0.325. The van der Waals surface area contributed by atoms with Crippen LogP contribution in [0.3, 0.4) is 0 Å². The molecule has 1 unspecified atom stereocenters. The van der Waals surface area contributed by atoms with Gasteiger partial charge in [0.2, 0.25) is 0 Å². The maximum atomic E-state index is 11.7. The first-order valence-corrected chi connectivity index (χ1v) is 7.15. The zero-order chi connectivity index (χ0) is 14.5. The van der Waals surface area contributed by atoms with Crippen molar-refractivity contribution >= 4 is 25.7 Å². The molecule has 0 heterocycles. The number of para-hydroxylation sites is 1. The Morgan fingerprint density at radius 3 is 2.53 bits per heavy atom. The van der Waals surface area contributed by atoms with Crippen molar-refractivity contribution < 1.29 is 18.9 Å². The van der Waals surface area contributed by atoms with Gasteiger partial charge in [-0.2, -0.15) is 0 Å². The number of esters is 1. The number of carbonyl (C=O) groups excluding carboxylic acids is 1. The molecule has 19 heavy (non-hydrogen) atoms. The summed E-state index contributed by atoms with van der Waals surface area (Å²) in [5, 5.41) is 0. The third-order valence-electron chi connectivity index (χ3n) is 1.91. The number of carbonyl (C=O) groups is 1. The van der Waals surface area contributed by atoms with Gasteiger partial charge in [-0.25, -0.2) is 4.79 Å². The van der Waals surface area contributed by atoms with Crippen molar-refractivity contribution in [2.75, 3.05) is 0 Å². The van der Waals surface area contributed by atoms with Gasteiger partial charge in [0.1, 0.15) is 0 Å². The number of alkyl halides is 1. The van der Waals surface area contributed by atoms with E-state index >= 15 is 0 Å². The Balaban J connectivity index is 2.74. The molecule has 0 fully saturated rings. The topological polar surface area (TPSA) is 71.0 Å². The Hall–Kier alpha value is -1.16. The predicted octanol–water partition coefficient (Wildman–Crippen LogP) is 2.83. The molecule has 7 heteroatoms. The van der Waals surface area contributed by atoms with E-state index in [1.54, 1.807) is 44.2 Å². The minimum atomic E-state index is -2.46. The highest BCUT2D eigenvalue weighted by atomic mass is 35.5. The molecule has 5 nitrogen and oxygen atoms in total. The maximum Gasteiger partial charge on any atom is 0.396 e. The van der Waals surface area contributed by atoms with Crippen LogP contribution in [0.5, 0.6) is 5.75 Å². The number of benzene rings is 1. The van der Waals surface area contributed by atoms with Gasteiger partial charge in [-0.3, -0.25) is 4.52 Å². The zero-order valence-electron chi connectivity index (χ0n) is 10.9. The van der Waals surface area contributed by atoms with Gasteiger partial charge < -0.3 is 9.63 Å². The summed E-state index contributed by atoms with van der Waals surface area (Å²) in [5.74, 6) is -0.374. The molecular weight excluding hydrogens is 289 g/mol. The number of hydrogen-bond donors (Lipinski definition) is 0. The first-order chi connectivity index (χ1) is 8.81. The van der Waals surface area contributed by atoms with E-state index in [4.69, 9.17) is 20.9 Å². The molecule has 1 aromatic carbocycles. The second-order valence-corrected chi connectivity index (χ2v) is 5.74. The molecule has 0 bridgehead atoms. The van der Waals surface area contributed by atoms with E-state index in [-0.39, 0.29) is 6.10 Å². The molecule has 0 aromatic heterocycles.